The molecule has 0 saturated carbocycles. The van der Waals surface area contributed by atoms with Gasteiger partial charge in [-0.25, -0.2) is 13.2 Å². The second-order valence-corrected chi connectivity index (χ2v) is 4.68. The minimum Gasteiger partial charge on any atom is -0.322 e. The van der Waals surface area contributed by atoms with Crippen LogP contribution in [0.2, 0.25) is 0 Å². The van der Waals surface area contributed by atoms with Crippen molar-refractivity contribution in [1.29, 1.82) is 0 Å². The van der Waals surface area contributed by atoms with Crippen molar-refractivity contribution in [2.24, 2.45) is 0 Å². The SMILES string of the molecule is Cl.Cl.O=C(CNC1CCNCC1)Nc1ccc(F)c(F)c1F. The van der Waals surface area contributed by atoms with Gasteiger partial charge >= 0.3 is 0 Å². The molecular formula is C13H18Cl2F3N3O. The minimum atomic E-state index is -1.59. The van der Waals surface area contributed by atoms with Crippen molar-refractivity contribution >= 4 is 36.4 Å². The van der Waals surface area contributed by atoms with Crippen LogP contribution < -0.4 is 16.0 Å². The normalized spacial score (nSPS) is 14.7. The zero-order valence-corrected chi connectivity index (χ0v) is 13.3. The lowest BCUT2D eigenvalue weighted by Crippen LogP contribution is -2.43. The highest BCUT2D eigenvalue weighted by Gasteiger charge is 2.17. The molecule has 1 saturated heterocycles. The molecule has 0 bridgehead atoms. The van der Waals surface area contributed by atoms with Gasteiger partial charge in [-0.3, -0.25) is 4.79 Å². The Bertz CT molecular complexity index is 500. The zero-order valence-electron chi connectivity index (χ0n) is 11.6. The molecule has 22 heavy (non-hydrogen) atoms. The number of benzene rings is 1. The highest BCUT2D eigenvalue weighted by Crippen LogP contribution is 2.19. The summed E-state index contributed by atoms with van der Waals surface area (Å²) in [6.45, 7) is 1.78. The van der Waals surface area contributed by atoms with Gasteiger partial charge < -0.3 is 16.0 Å². The third kappa shape index (κ3) is 5.64. The Morgan fingerprint density at radius 2 is 1.77 bits per heavy atom. The van der Waals surface area contributed by atoms with Crippen LogP contribution in [0.3, 0.4) is 0 Å². The van der Waals surface area contributed by atoms with Crippen LogP contribution in [0, 0.1) is 17.5 Å². The zero-order chi connectivity index (χ0) is 14.5. The molecule has 0 spiro atoms. The molecule has 1 aliphatic rings. The molecule has 9 heteroatoms. The van der Waals surface area contributed by atoms with Crippen LogP contribution in [0.25, 0.3) is 0 Å². The number of hydrogen-bond acceptors (Lipinski definition) is 3. The quantitative estimate of drug-likeness (QED) is 0.722. The summed E-state index contributed by atoms with van der Waals surface area (Å²) < 4.78 is 39.1. The molecule has 1 aliphatic heterocycles. The second-order valence-electron chi connectivity index (χ2n) is 4.68. The molecule has 4 nitrogen and oxygen atoms in total. The molecule has 2 rings (SSSR count). The minimum absolute atomic E-state index is 0. The Morgan fingerprint density at radius 3 is 2.41 bits per heavy atom. The van der Waals surface area contributed by atoms with Crippen LogP contribution in [-0.2, 0) is 4.79 Å². The van der Waals surface area contributed by atoms with E-state index in [9.17, 15) is 18.0 Å². The Kier molecular flexibility index (Phi) is 9.43. The first-order valence-electron chi connectivity index (χ1n) is 6.45. The predicted molar refractivity (Wildman–Crippen MR) is 83.3 cm³/mol. The fraction of sp³-hybridized carbons (Fsp3) is 0.462. The van der Waals surface area contributed by atoms with E-state index in [-0.39, 0.29) is 43.1 Å². The van der Waals surface area contributed by atoms with Crippen LogP contribution in [-0.4, -0.2) is 31.6 Å². The summed E-state index contributed by atoms with van der Waals surface area (Å²) in [4.78, 5) is 11.6. The number of hydrogen-bond donors (Lipinski definition) is 3. The van der Waals surface area contributed by atoms with Gasteiger partial charge in [0, 0.05) is 6.04 Å². The summed E-state index contributed by atoms with van der Waals surface area (Å²) in [6.07, 6.45) is 1.82. The van der Waals surface area contributed by atoms with Crippen LogP contribution in [0.4, 0.5) is 18.9 Å². The number of rotatable bonds is 4. The molecule has 1 amide bonds. The first kappa shape index (κ1) is 21.0. The van der Waals surface area contributed by atoms with E-state index in [0.717, 1.165) is 38.1 Å². The average molecular weight is 360 g/mol. The third-order valence-electron chi connectivity index (χ3n) is 3.20. The van der Waals surface area contributed by atoms with Crippen molar-refractivity contribution in [3.05, 3.63) is 29.6 Å². The fourth-order valence-electron chi connectivity index (χ4n) is 2.08. The fourth-order valence-corrected chi connectivity index (χ4v) is 2.08. The lowest BCUT2D eigenvalue weighted by atomic mass is 10.1. The standard InChI is InChI=1S/C13H16F3N3O.2ClH/c14-9-1-2-10(13(16)12(9)15)19-11(20)7-18-8-3-5-17-6-4-8;;/h1-2,8,17-18H,3-7H2,(H,19,20);2*1H. The van der Waals surface area contributed by atoms with E-state index >= 15 is 0 Å². The topological polar surface area (TPSA) is 53.2 Å². The van der Waals surface area contributed by atoms with E-state index in [1.54, 1.807) is 0 Å². The van der Waals surface area contributed by atoms with Gasteiger partial charge in [-0.15, -0.1) is 24.8 Å². The van der Waals surface area contributed by atoms with E-state index in [1.807, 2.05) is 0 Å². The van der Waals surface area contributed by atoms with Gasteiger partial charge in [-0.05, 0) is 38.1 Å². The van der Waals surface area contributed by atoms with Crippen LogP contribution >= 0.6 is 24.8 Å². The Hall–Kier alpha value is -1.02. The molecule has 0 radical (unpaired) electrons. The summed E-state index contributed by atoms with van der Waals surface area (Å²) in [6, 6.07) is 2.00. The van der Waals surface area contributed by atoms with E-state index < -0.39 is 23.4 Å². The third-order valence-corrected chi connectivity index (χ3v) is 3.20. The van der Waals surface area contributed by atoms with Crippen molar-refractivity contribution in [2.75, 3.05) is 25.0 Å². The summed E-state index contributed by atoms with van der Waals surface area (Å²) in [5, 5.41) is 8.46. The maximum absolute atomic E-state index is 13.4. The summed E-state index contributed by atoms with van der Waals surface area (Å²) in [5.41, 5.74) is -0.360. The van der Waals surface area contributed by atoms with Gasteiger partial charge in [0.15, 0.2) is 17.5 Å². The van der Waals surface area contributed by atoms with E-state index in [2.05, 4.69) is 16.0 Å². The average Bonchev–Trinajstić information content (AvgIpc) is 2.47. The molecule has 1 fully saturated rings. The number of carbonyl (C=O) groups is 1. The highest BCUT2D eigenvalue weighted by molar-refractivity contribution is 5.92. The molecule has 0 aliphatic carbocycles. The van der Waals surface area contributed by atoms with Crippen LogP contribution in [0.5, 0.6) is 0 Å². The first-order valence-corrected chi connectivity index (χ1v) is 6.45. The van der Waals surface area contributed by atoms with Gasteiger partial charge in [-0.1, -0.05) is 0 Å². The maximum Gasteiger partial charge on any atom is 0.238 e. The monoisotopic (exact) mass is 359 g/mol. The molecule has 0 unspecified atom stereocenters. The number of anilines is 1. The maximum atomic E-state index is 13.4. The molecule has 1 aromatic rings. The molecule has 3 N–H and O–H groups in total. The van der Waals surface area contributed by atoms with Gasteiger partial charge in [-0.2, -0.15) is 0 Å². The van der Waals surface area contributed by atoms with Crippen molar-refractivity contribution in [3.8, 4) is 0 Å². The van der Waals surface area contributed by atoms with Crippen molar-refractivity contribution in [3.63, 3.8) is 0 Å². The lowest BCUT2D eigenvalue weighted by Gasteiger charge is -2.23. The van der Waals surface area contributed by atoms with E-state index in [1.165, 1.54) is 0 Å². The van der Waals surface area contributed by atoms with Crippen molar-refractivity contribution in [2.45, 2.75) is 18.9 Å². The Morgan fingerprint density at radius 1 is 1.14 bits per heavy atom. The molecule has 0 atom stereocenters. The van der Waals surface area contributed by atoms with Gasteiger partial charge in [0.1, 0.15) is 0 Å². The smallest absolute Gasteiger partial charge is 0.238 e. The van der Waals surface area contributed by atoms with E-state index in [4.69, 9.17) is 0 Å². The summed E-state index contributed by atoms with van der Waals surface area (Å²) >= 11 is 0. The van der Waals surface area contributed by atoms with Gasteiger partial charge in [0.25, 0.3) is 0 Å². The van der Waals surface area contributed by atoms with Crippen molar-refractivity contribution in [1.82, 2.24) is 10.6 Å². The van der Waals surface area contributed by atoms with Crippen LogP contribution in [0.1, 0.15) is 12.8 Å². The number of amides is 1. The van der Waals surface area contributed by atoms with Crippen molar-refractivity contribution < 1.29 is 18.0 Å². The molecular weight excluding hydrogens is 342 g/mol. The van der Waals surface area contributed by atoms with Crippen LogP contribution in [0.15, 0.2) is 12.1 Å². The first-order chi connectivity index (χ1) is 9.58. The van der Waals surface area contributed by atoms with Gasteiger partial charge in [0.05, 0.1) is 12.2 Å². The molecule has 126 valence electrons. The number of piperidine rings is 1. The highest BCUT2D eigenvalue weighted by atomic mass is 35.5. The lowest BCUT2D eigenvalue weighted by molar-refractivity contribution is -0.115. The Labute approximate surface area is 139 Å². The van der Waals surface area contributed by atoms with Gasteiger partial charge in [0.2, 0.25) is 5.91 Å². The van der Waals surface area contributed by atoms with E-state index in [0.29, 0.717) is 0 Å². The Balaban J connectivity index is 0.00000220. The summed E-state index contributed by atoms with van der Waals surface area (Å²) in [5.74, 6) is -4.75. The summed E-state index contributed by atoms with van der Waals surface area (Å²) in [7, 11) is 0. The number of carbonyl (C=O) groups excluding carboxylic acids is 1. The molecule has 0 aromatic heterocycles. The number of halogens is 5. The molecule has 1 heterocycles. The molecule has 1 aromatic carbocycles. The largest absolute Gasteiger partial charge is 0.322 e. The predicted octanol–water partition coefficient (Wildman–Crippen LogP) is 2.23. The number of nitrogens with one attached hydrogen (secondary N) is 3. The second kappa shape index (κ2) is 9.89.